The van der Waals surface area contributed by atoms with E-state index in [9.17, 15) is 4.79 Å². The van der Waals surface area contributed by atoms with Crippen molar-refractivity contribution in [2.75, 3.05) is 33.9 Å². The second-order valence-corrected chi connectivity index (χ2v) is 5.49. The molecule has 4 heteroatoms. The van der Waals surface area contributed by atoms with Crippen LogP contribution in [0.4, 0.5) is 0 Å². The molecule has 0 aromatic heterocycles. The summed E-state index contributed by atoms with van der Waals surface area (Å²) in [5.74, 6) is 0.531. The van der Waals surface area contributed by atoms with E-state index in [2.05, 4.69) is 37.2 Å². The summed E-state index contributed by atoms with van der Waals surface area (Å²) >= 11 is 0. The number of likely N-dealkylation sites (N-methyl/N-ethyl adjacent to an activating group) is 1. The van der Waals surface area contributed by atoms with Crippen LogP contribution in [0.5, 0.6) is 0 Å². The summed E-state index contributed by atoms with van der Waals surface area (Å²) in [6.45, 7) is 6.55. The fourth-order valence-corrected chi connectivity index (χ4v) is 2.32. The van der Waals surface area contributed by atoms with Gasteiger partial charge in [-0.05, 0) is 31.4 Å². The molecule has 104 valence electrons. The second-order valence-electron chi connectivity index (χ2n) is 5.49. The molecule has 0 aliphatic carbocycles. The largest absolute Gasteiger partial charge is 0.375 e. The van der Waals surface area contributed by atoms with Gasteiger partial charge in [0.25, 0.3) is 0 Å². The van der Waals surface area contributed by atoms with Crippen molar-refractivity contribution in [3.8, 4) is 0 Å². The smallest absolute Gasteiger partial charge is 0.246 e. The molecule has 0 saturated carbocycles. The Kier molecular flexibility index (Phi) is 6.36. The molecule has 0 fully saturated rings. The van der Waals surface area contributed by atoms with E-state index in [-0.39, 0.29) is 18.6 Å². The molecule has 0 unspecified atom stereocenters. The van der Waals surface area contributed by atoms with Crippen LogP contribution in [0.3, 0.4) is 0 Å². The van der Waals surface area contributed by atoms with Gasteiger partial charge in [0.15, 0.2) is 0 Å². The zero-order chi connectivity index (χ0) is 13.5. The maximum absolute atomic E-state index is 11.7. The van der Waals surface area contributed by atoms with Gasteiger partial charge in [-0.15, -0.1) is 0 Å². The van der Waals surface area contributed by atoms with Crippen LogP contribution in [-0.4, -0.2) is 50.7 Å². The highest BCUT2D eigenvalue weighted by atomic mass is 16.5. The van der Waals surface area contributed by atoms with Gasteiger partial charge < -0.3 is 15.0 Å². The number of nitrogens with zero attached hydrogens (tertiary/aromatic N) is 1. The van der Waals surface area contributed by atoms with E-state index in [4.69, 9.17) is 4.74 Å². The Hall–Kier alpha value is -0.870. The van der Waals surface area contributed by atoms with Crippen molar-refractivity contribution in [1.29, 1.82) is 0 Å². The molecular weight excluding hydrogens is 228 g/mol. The van der Waals surface area contributed by atoms with Crippen molar-refractivity contribution in [2.45, 2.75) is 32.7 Å². The normalized spacial score (nSPS) is 18.6. The van der Waals surface area contributed by atoms with Crippen molar-refractivity contribution in [1.82, 2.24) is 10.2 Å². The molecule has 1 aliphatic rings. The number of carbonyl (C=O) groups is 1. The lowest BCUT2D eigenvalue weighted by Gasteiger charge is -2.30. The van der Waals surface area contributed by atoms with Crippen molar-refractivity contribution in [3.63, 3.8) is 0 Å². The third-order valence-corrected chi connectivity index (χ3v) is 3.14. The van der Waals surface area contributed by atoms with Gasteiger partial charge >= 0.3 is 0 Å². The van der Waals surface area contributed by atoms with Crippen molar-refractivity contribution in [2.24, 2.45) is 5.92 Å². The molecule has 0 bridgehead atoms. The fraction of sp³-hybridized carbons (Fsp3) is 0.786. The first kappa shape index (κ1) is 15.2. The maximum Gasteiger partial charge on any atom is 0.246 e. The molecular formula is C14H26N2O2. The Bertz CT molecular complexity index is 300. The zero-order valence-electron chi connectivity index (χ0n) is 12.0. The molecule has 1 atom stereocenters. The van der Waals surface area contributed by atoms with Crippen LogP contribution in [0, 0.1) is 5.92 Å². The van der Waals surface area contributed by atoms with Crippen LogP contribution in [0.2, 0.25) is 0 Å². The number of hydrogen-bond acceptors (Lipinski definition) is 3. The topological polar surface area (TPSA) is 41.6 Å². The minimum atomic E-state index is -0.0303. The monoisotopic (exact) mass is 254 g/mol. The molecule has 4 nitrogen and oxygen atoms in total. The second kappa shape index (κ2) is 7.54. The number of carbonyl (C=O) groups excluding carboxylic acids is 1. The van der Waals surface area contributed by atoms with E-state index in [0.29, 0.717) is 5.92 Å². The van der Waals surface area contributed by atoms with E-state index >= 15 is 0 Å². The molecule has 1 rings (SSSR count). The van der Waals surface area contributed by atoms with Gasteiger partial charge in [0.1, 0.15) is 6.61 Å². The third-order valence-electron chi connectivity index (χ3n) is 3.14. The SMILES string of the molecule is COCC(=O)N[C@@H](CC(C)C)C1=CCCN(C)C1. The Balaban J connectivity index is 2.65. The molecule has 1 N–H and O–H groups in total. The Labute approximate surface area is 110 Å². The summed E-state index contributed by atoms with van der Waals surface area (Å²) in [5, 5.41) is 3.08. The summed E-state index contributed by atoms with van der Waals surface area (Å²) in [4.78, 5) is 14.0. The molecule has 0 spiro atoms. The first-order valence-corrected chi connectivity index (χ1v) is 6.68. The highest BCUT2D eigenvalue weighted by Crippen LogP contribution is 2.17. The molecule has 1 amide bonds. The number of hydrogen-bond donors (Lipinski definition) is 1. The van der Waals surface area contributed by atoms with E-state index in [1.165, 1.54) is 5.57 Å². The van der Waals surface area contributed by atoms with E-state index in [0.717, 1.165) is 25.9 Å². The lowest BCUT2D eigenvalue weighted by atomic mass is 9.94. The number of methoxy groups -OCH3 is 1. The van der Waals surface area contributed by atoms with Crippen LogP contribution in [0.1, 0.15) is 26.7 Å². The van der Waals surface area contributed by atoms with E-state index in [1.807, 2.05) is 0 Å². The lowest BCUT2D eigenvalue weighted by molar-refractivity contribution is -0.125. The molecule has 0 aromatic rings. The lowest BCUT2D eigenvalue weighted by Crippen LogP contribution is -2.42. The summed E-state index contributed by atoms with van der Waals surface area (Å²) < 4.78 is 4.88. The predicted octanol–water partition coefficient (Wildman–Crippen LogP) is 1.43. The summed E-state index contributed by atoms with van der Waals surface area (Å²) in [5.41, 5.74) is 1.34. The number of amides is 1. The first-order chi connectivity index (χ1) is 8.52. The van der Waals surface area contributed by atoms with Crippen LogP contribution in [0.25, 0.3) is 0 Å². The van der Waals surface area contributed by atoms with Crippen LogP contribution >= 0.6 is 0 Å². The van der Waals surface area contributed by atoms with Gasteiger partial charge in [0.2, 0.25) is 5.91 Å². The van der Waals surface area contributed by atoms with Crippen LogP contribution < -0.4 is 5.32 Å². The van der Waals surface area contributed by atoms with Crippen molar-refractivity contribution < 1.29 is 9.53 Å². The summed E-state index contributed by atoms with van der Waals surface area (Å²) in [6, 6.07) is 0.149. The molecule has 0 radical (unpaired) electrons. The van der Waals surface area contributed by atoms with Gasteiger partial charge in [-0.2, -0.15) is 0 Å². The van der Waals surface area contributed by atoms with Gasteiger partial charge in [-0.25, -0.2) is 0 Å². The van der Waals surface area contributed by atoms with Gasteiger partial charge in [0.05, 0.1) is 6.04 Å². The molecule has 0 saturated heterocycles. The highest BCUT2D eigenvalue weighted by Gasteiger charge is 2.21. The number of ether oxygens (including phenoxy) is 1. The number of rotatable bonds is 6. The summed E-state index contributed by atoms with van der Waals surface area (Å²) in [6.07, 6.45) is 4.33. The molecule has 1 heterocycles. The van der Waals surface area contributed by atoms with Crippen LogP contribution in [0.15, 0.2) is 11.6 Å². The Morgan fingerprint density at radius 1 is 1.56 bits per heavy atom. The summed E-state index contributed by atoms with van der Waals surface area (Å²) in [7, 11) is 3.67. The average molecular weight is 254 g/mol. The molecule has 1 aliphatic heterocycles. The van der Waals surface area contributed by atoms with Crippen LogP contribution in [-0.2, 0) is 9.53 Å². The van der Waals surface area contributed by atoms with E-state index in [1.54, 1.807) is 7.11 Å². The average Bonchev–Trinajstić information content (AvgIpc) is 2.28. The molecule has 0 aromatic carbocycles. The zero-order valence-corrected chi connectivity index (χ0v) is 12.0. The standard InChI is InChI=1S/C14H26N2O2/c1-11(2)8-13(15-14(17)10-18-4)12-6-5-7-16(3)9-12/h6,11,13H,5,7-10H2,1-4H3,(H,15,17)/t13-/m0/s1. The van der Waals surface area contributed by atoms with Gasteiger partial charge in [-0.3, -0.25) is 4.79 Å². The van der Waals surface area contributed by atoms with Gasteiger partial charge in [-0.1, -0.05) is 19.9 Å². The van der Waals surface area contributed by atoms with Gasteiger partial charge in [0, 0.05) is 20.2 Å². The third kappa shape index (κ3) is 5.19. The van der Waals surface area contributed by atoms with E-state index < -0.39 is 0 Å². The maximum atomic E-state index is 11.7. The Morgan fingerprint density at radius 2 is 2.28 bits per heavy atom. The minimum absolute atomic E-state index is 0.0303. The number of nitrogens with one attached hydrogen (secondary N) is 1. The highest BCUT2D eigenvalue weighted by molar-refractivity contribution is 5.77. The molecule has 18 heavy (non-hydrogen) atoms. The fourth-order valence-electron chi connectivity index (χ4n) is 2.32. The van der Waals surface area contributed by atoms with Crippen molar-refractivity contribution >= 4 is 5.91 Å². The quantitative estimate of drug-likeness (QED) is 0.729. The first-order valence-electron chi connectivity index (χ1n) is 6.68. The Morgan fingerprint density at radius 3 is 2.83 bits per heavy atom. The van der Waals surface area contributed by atoms with Crippen molar-refractivity contribution in [3.05, 3.63) is 11.6 Å². The minimum Gasteiger partial charge on any atom is -0.375 e. The predicted molar refractivity (Wildman–Crippen MR) is 73.5 cm³/mol.